The van der Waals surface area contributed by atoms with Crippen LogP contribution in [0.4, 0.5) is 5.69 Å². The molecule has 0 fully saturated rings. The summed E-state index contributed by atoms with van der Waals surface area (Å²) >= 11 is 0. The van der Waals surface area contributed by atoms with Crippen molar-refractivity contribution in [3.05, 3.63) is 53.6 Å². The predicted octanol–water partition coefficient (Wildman–Crippen LogP) is 3.24. The third kappa shape index (κ3) is 6.82. The Labute approximate surface area is 200 Å². The van der Waals surface area contributed by atoms with Crippen molar-refractivity contribution < 1.29 is 32.2 Å². The number of carbonyl (C=O) groups excluding carboxylic acids is 2. The van der Waals surface area contributed by atoms with Gasteiger partial charge in [-0.3, -0.25) is 4.79 Å². The van der Waals surface area contributed by atoms with Gasteiger partial charge in [0.2, 0.25) is 10.0 Å². The van der Waals surface area contributed by atoms with Crippen LogP contribution in [-0.4, -0.2) is 58.5 Å². The molecule has 0 unspecified atom stereocenters. The van der Waals surface area contributed by atoms with E-state index in [2.05, 4.69) is 5.32 Å². The number of amides is 1. The zero-order chi connectivity index (χ0) is 25.3. The largest absolute Gasteiger partial charge is 0.493 e. The number of carbonyl (C=O) groups is 2. The standard InChI is InChI=1S/C24H30N2O7S/c1-6-26(7-2)34(29,30)22-15-19(11-8-17(22)3)25-23(27)16-33-24(28)13-10-18-9-12-20(31-4)21(14-18)32-5/h8-15H,6-7,16H2,1-5H3,(H,25,27)/b13-10+. The van der Waals surface area contributed by atoms with Crippen molar-refractivity contribution >= 4 is 33.7 Å². The molecule has 2 aromatic rings. The summed E-state index contributed by atoms with van der Waals surface area (Å²) in [4.78, 5) is 24.3. The number of esters is 1. The summed E-state index contributed by atoms with van der Waals surface area (Å²) in [5.41, 5.74) is 1.54. The molecule has 0 aliphatic rings. The SMILES string of the molecule is CCN(CC)S(=O)(=O)c1cc(NC(=O)COC(=O)/C=C/c2ccc(OC)c(OC)c2)ccc1C. The minimum atomic E-state index is -3.69. The van der Waals surface area contributed by atoms with Crippen LogP contribution in [0.25, 0.3) is 6.08 Å². The highest BCUT2D eigenvalue weighted by atomic mass is 32.2. The average molecular weight is 491 g/mol. The maximum atomic E-state index is 12.9. The second kappa shape index (κ2) is 12.2. The van der Waals surface area contributed by atoms with Crippen LogP contribution in [0.1, 0.15) is 25.0 Å². The fraction of sp³-hybridized carbons (Fsp3) is 0.333. The molecular weight excluding hydrogens is 460 g/mol. The number of hydrogen-bond acceptors (Lipinski definition) is 7. The van der Waals surface area contributed by atoms with Crippen molar-refractivity contribution in [3.8, 4) is 11.5 Å². The van der Waals surface area contributed by atoms with E-state index in [1.807, 2.05) is 0 Å². The third-order valence-corrected chi connectivity index (χ3v) is 7.15. The number of ether oxygens (including phenoxy) is 3. The van der Waals surface area contributed by atoms with E-state index in [1.54, 1.807) is 51.1 Å². The summed E-state index contributed by atoms with van der Waals surface area (Å²) in [5.74, 6) is -0.234. The number of aryl methyl sites for hydroxylation is 1. The lowest BCUT2D eigenvalue weighted by Gasteiger charge is -2.20. The van der Waals surface area contributed by atoms with Gasteiger partial charge in [0.05, 0.1) is 19.1 Å². The molecule has 2 rings (SSSR count). The van der Waals surface area contributed by atoms with Crippen molar-refractivity contribution in [2.45, 2.75) is 25.7 Å². The molecule has 0 spiro atoms. The Kier molecular flexibility index (Phi) is 9.64. The molecule has 184 valence electrons. The molecule has 1 N–H and O–H groups in total. The van der Waals surface area contributed by atoms with E-state index >= 15 is 0 Å². The molecule has 0 saturated carbocycles. The Hall–Kier alpha value is -3.37. The van der Waals surface area contributed by atoms with Gasteiger partial charge in [0.1, 0.15) is 0 Å². The van der Waals surface area contributed by atoms with Crippen molar-refractivity contribution in [2.75, 3.05) is 39.2 Å². The van der Waals surface area contributed by atoms with Gasteiger partial charge in [0.25, 0.3) is 5.91 Å². The van der Waals surface area contributed by atoms with Gasteiger partial charge in [-0.25, -0.2) is 13.2 Å². The third-order valence-electron chi connectivity index (χ3n) is 4.96. The lowest BCUT2D eigenvalue weighted by molar-refractivity contribution is -0.142. The van der Waals surface area contributed by atoms with Crippen molar-refractivity contribution in [2.24, 2.45) is 0 Å². The molecule has 1 amide bonds. The van der Waals surface area contributed by atoms with Gasteiger partial charge >= 0.3 is 5.97 Å². The number of rotatable bonds is 11. The molecule has 0 bridgehead atoms. The van der Waals surface area contributed by atoms with Crippen LogP contribution in [0.5, 0.6) is 11.5 Å². The Morgan fingerprint density at radius 2 is 1.68 bits per heavy atom. The van der Waals surface area contributed by atoms with Crippen LogP contribution in [-0.2, 0) is 24.3 Å². The van der Waals surface area contributed by atoms with E-state index < -0.39 is 28.5 Å². The topological polar surface area (TPSA) is 111 Å². The highest BCUT2D eigenvalue weighted by molar-refractivity contribution is 7.89. The van der Waals surface area contributed by atoms with Gasteiger partial charge in [-0.05, 0) is 48.4 Å². The molecule has 0 radical (unpaired) electrons. The van der Waals surface area contributed by atoms with Crippen LogP contribution in [0.15, 0.2) is 47.4 Å². The van der Waals surface area contributed by atoms with E-state index in [4.69, 9.17) is 14.2 Å². The van der Waals surface area contributed by atoms with Crippen molar-refractivity contribution in [1.29, 1.82) is 0 Å². The Bertz CT molecular complexity index is 1160. The zero-order valence-electron chi connectivity index (χ0n) is 20.0. The molecule has 34 heavy (non-hydrogen) atoms. The fourth-order valence-corrected chi connectivity index (χ4v) is 4.87. The molecule has 9 nitrogen and oxygen atoms in total. The minimum absolute atomic E-state index is 0.115. The summed E-state index contributed by atoms with van der Waals surface area (Å²) in [5, 5.41) is 2.56. The van der Waals surface area contributed by atoms with Crippen LogP contribution >= 0.6 is 0 Å². The second-order valence-electron chi connectivity index (χ2n) is 7.17. The van der Waals surface area contributed by atoms with Crippen molar-refractivity contribution in [3.63, 3.8) is 0 Å². The first-order valence-corrected chi connectivity index (χ1v) is 12.1. The number of anilines is 1. The van der Waals surface area contributed by atoms with Crippen LogP contribution < -0.4 is 14.8 Å². The zero-order valence-corrected chi connectivity index (χ0v) is 20.8. The number of nitrogens with one attached hydrogen (secondary N) is 1. The quantitative estimate of drug-likeness (QED) is 0.380. The van der Waals surface area contributed by atoms with Crippen LogP contribution in [0, 0.1) is 6.92 Å². The molecule has 10 heteroatoms. The fourth-order valence-electron chi connectivity index (χ4n) is 3.16. The van der Waals surface area contributed by atoms with Crippen LogP contribution in [0.2, 0.25) is 0 Å². The smallest absolute Gasteiger partial charge is 0.331 e. The first kappa shape index (κ1) is 26.9. The normalized spacial score (nSPS) is 11.5. The maximum absolute atomic E-state index is 12.9. The monoisotopic (exact) mass is 490 g/mol. The van der Waals surface area contributed by atoms with Crippen molar-refractivity contribution in [1.82, 2.24) is 4.31 Å². The first-order valence-electron chi connectivity index (χ1n) is 10.6. The Balaban J connectivity index is 2.00. The lowest BCUT2D eigenvalue weighted by atomic mass is 10.2. The summed E-state index contributed by atoms with van der Waals surface area (Å²) in [6.07, 6.45) is 2.71. The van der Waals surface area contributed by atoms with Crippen LogP contribution in [0.3, 0.4) is 0 Å². The predicted molar refractivity (Wildman–Crippen MR) is 129 cm³/mol. The van der Waals surface area contributed by atoms with Gasteiger partial charge < -0.3 is 19.5 Å². The minimum Gasteiger partial charge on any atom is -0.493 e. The number of hydrogen-bond donors (Lipinski definition) is 1. The lowest BCUT2D eigenvalue weighted by Crippen LogP contribution is -2.31. The molecule has 0 atom stereocenters. The number of methoxy groups -OCH3 is 2. The van der Waals surface area contributed by atoms with Gasteiger partial charge in [-0.15, -0.1) is 0 Å². The second-order valence-corrected chi connectivity index (χ2v) is 9.08. The van der Waals surface area contributed by atoms with E-state index in [1.165, 1.54) is 36.7 Å². The van der Waals surface area contributed by atoms with Gasteiger partial charge in [-0.2, -0.15) is 4.31 Å². The summed E-state index contributed by atoms with van der Waals surface area (Å²) < 4.78 is 42.4. The highest BCUT2D eigenvalue weighted by Crippen LogP contribution is 2.28. The maximum Gasteiger partial charge on any atom is 0.331 e. The number of benzene rings is 2. The van der Waals surface area contributed by atoms with Gasteiger partial charge in [-0.1, -0.05) is 26.0 Å². The molecule has 0 saturated heterocycles. The Morgan fingerprint density at radius 3 is 2.29 bits per heavy atom. The molecule has 0 aliphatic heterocycles. The number of nitrogens with zero attached hydrogens (tertiary/aromatic N) is 1. The van der Waals surface area contributed by atoms with E-state index in [0.29, 0.717) is 41.4 Å². The molecule has 2 aromatic carbocycles. The summed E-state index contributed by atoms with van der Waals surface area (Å²) in [7, 11) is -0.655. The number of sulfonamides is 1. The average Bonchev–Trinajstić information content (AvgIpc) is 2.82. The summed E-state index contributed by atoms with van der Waals surface area (Å²) in [6.45, 7) is 5.35. The van der Waals surface area contributed by atoms with E-state index in [9.17, 15) is 18.0 Å². The molecule has 0 heterocycles. The summed E-state index contributed by atoms with van der Waals surface area (Å²) in [6, 6.07) is 9.74. The van der Waals surface area contributed by atoms with E-state index in [0.717, 1.165) is 0 Å². The molecular formula is C24H30N2O7S. The van der Waals surface area contributed by atoms with Gasteiger partial charge in [0.15, 0.2) is 18.1 Å². The highest BCUT2D eigenvalue weighted by Gasteiger charge is 2.24. The van der Waals surface area contributed by atoms with E-state index in [-0.39, 0.29) is 4.90 Å². The first-order chi connectivity index (χ1) is 16.2. The molecule has 0 aliphatic carbocycles. The van der Waals surface area contributed by atoms with Gasteiger partial charge in [0, 0.05) is 24.9 Å². The Morgan fingerprint density at radius 1 is 1.00 bits per heavy atom. The molecule has 0 aromatic heterocycles.